The second-order valence-electron chi connectivity index (χ2n) is 5.25. The van der Waals surface area contributed by atoms with Crippen molar-refractivity contribution in [3.8, 4) is 0 Å². The second kappa shape index (κ2) is 3.91. The van der Waals surface area contributed by atoms with Crippen LogP contribution < -0.4 is 5.32 Å². The van der Waals surface area contributed by atoms with Crippen LogP contribution in [0.15, 0.2) is 0 Å². The molecule has 1 N–H and O–H groups in total. The summed E-state index contributed by atoms with van der Waals surface area (Å²) >= 11 is 1.16. The van der Waals surface area contributed by atoms with Crippen LogP contribution >= 0.6 is 11.3 Å². The van der Waals surface area contributed by atoms with Crippen LogP contribution in [0.3, 0.4) is 0 Å². The molecule has 0 aromatic carbocycles. The highest BCUT2D eigenvalue weighted by Gasteiger charge is 2.48. The molecule has 1 aromatic heterocycles. The van der Waals surface area contributed by atoms with Crippen LogP contribution in [0.1, 0.15) is 15.6 Å². The van der Waals surface area contributed by atoms with E-state index in [0.717, 1.165) is 37.5 Å². The van der Waals surface area contributed by atoms with Crippen molar-refractivity contribution < 1.29 is 13.2 Å². The fourth-order valence-corrected chi connectivity index (χ4v) is 3.72. The SMILES string of the molecule is Cc1nc(C(F)(F)F)c(CN2CC3(CNC3)C2)s1. The Bertz CT molecular complexity index is 457. The van der Waals surface area contributed by atoms with E-state index in [-0.39, 0.29) is 0 Å². The molecule has 2 fully saturated rings. The molecule has 18 heavy (non-hydrogen) atoms. The van der Waals surface area contributed by atoms with Gasteiger partial charge in [-0.15, -0.1) is 11.3 Å². The molecule has 1 aromatic rings. The zero-order chi connectivity index (χ0) is 13.0. The van der Waals surface area contributed by atoms with Gasteiger partial charge in [0.25, 0.3) is 0 Å². The lowest BCUT2D eigenvalue weighted by Crippen LogP contribution is -2.70. The number of rotatable bonds is 2. The van der Waals surface area contributed by atoms with Gasteiger partial charge in [-0.05, 0) is 6.92 Å². The van der Waals surface area contributed by atoms with Crippen molar-refractivity contribution in [2.45, 2.75) is 19.6 Å². The van der Waals surface area contributed by atoms with Gasteiger partial charge in [0.2, 0.25) is 0 Å². The van der Waals surface area contributed by atoms with E-state index in [1.807, 2.05) is 0 Å². The van der Waals surface area contributed by atoms with Crippen LogP contribution in [0.25, 0.3) is 0 Å². The molecule has 0 radical (unpaired) electrons. The number of hydrogen-bond acceptors (Lipinski definition) is 4. The molecular weight excluding hydrogens is 263 g/mol. The van der Waals surface area contributed by atoms with Crippen LogP contribution in [0.4, 0.5) is 13.2 Å². The van der Waals surface area contributed by atoms with Crippen LogP contribution in [-0.2, 0) is 12.7 Å². The molecule has 0 aliphatic carbocycles. The monoisotopic (exact) mass is 277 g/mol. The molecule has 3 heterocycles. The summed E-state index contributed by atoms with van der Waals surface area (Å²) in [7, 11) is 0. The number of aromatic nitrogens is 1. The van der Waals surface area contributed by atoms with Gasteiger partial charge in [0.05, 0.1) is 9.88 Å². The molecule has 3 nitrogen and oxygen atoms in total. The van der Waals surface area contributed by atoms with Crippen molar-refractivity contribution in [2.24, 2.45) is 5.41 Å². The Morgan fingerprint density at radius 2 is 2.06 bits per heavy atom. The minimum atomic E-state index is -4.33. The lowest BCUT2D eigenvalue weighted by atomic mass is 9.74. The van der Waals surface area contributed by atoms with Crippen molar-refractivity contribution in [1.29, 1.82) is 0 Å². The van der Waals surface area contributed by atoms with Gasteiger partial charge in [-0.25, -0.2) is 4.98 Å². The van der Waals surface area contributed by atoms with E-state index in [4.69, 9.17) is 0 Å². The largest absolute Gasteiger partial charge is 0.434 e. The summed E-state index contributed by atoms with van der Waals surface area (Å²) in [5.74, 6) is 0. The normalized spacial score (nSPS) is 22.9. The fourth-order valence-electron chi connectivity index (χ4n) is 2.72. The van der Waals surface area contributed by atoms with E-state index < -0.39 is 11.9 Å². The maximum Gasteiger partial charge on any atom is 0.434 e. The van der Waals surface area contributed by atoms with Crippen LogP contribution in [-0.4, -0.2) is 36.1 Å². The van der Waals surface area contributed by atoms with E-state index in [1.54, 1.807) is 6.92 Å². The molecular formula is C11H14F3N3S. The summed E-state index contributed by atoms with van der Waals surface area (Å²) in [5.41, 5.74) is -0.351. The summed E-state index contributed by atoms with van der Waals surface area (Å²) in [6.07, 6.45) is -4.33. The van der Waals surface area contributed by atoms with Gasteiger partial charge in [0.15, 0.2) is 5.69 Å². The van der Waals surface area contributed by atoms with E-state index in [0.29, 0.717) is 21.8 Å². The molecule has 100 valence electrons. The topological polar surface area (TPSA) is 28.2 Å². The molecule has 2 aliphatic heterocycles. The maximum absolute atomic E-state index is 12.8. The fraction of sp³-hybridized carbons (Fsp3) is 0.727. The third-order valence-electron chi connectivity index (χ3n) is 3.56. The second-order valence-corrected chi connectivity index (χ2v) is 6.54. The van der Waals surface area contributed by atoms with E-state index >= 15 is 0 Å². The van der Waals surface area contributed by atoms with Crippen LogP contribution in [0.2, 0.25) is 0 Å². The summed E-state index contributed by atoms with van der Waals surface area (Å²) in [6.45, 7) is 5.79. The van der Waals surface area contributed by atoms with Gasteiger partial charge in [0, 0.05) is 38.1 Å². The molecule has 0 amide bonds. The standard InChI is InChI=1S/C11H14F3N3S/c1-7-16-9(11(12,13)14)8(18-7)2-17-5-10(6-17)3-15-4-10/h15H,2-6H2,1H3. The Labute approximate surface area is 107 Å². The number of alkyl halides is 3. The molecule has 0 unspecified atom stereocenters. The van der Waals surface area contributed by atoms with Gasteiger partial charge in [-0.3, -0.25) is 4.90 Å². The minimum Gasteiger partial charge on any atom is -0.315 e. The molecule has 1 spiro atoms. The highest BCUT2D eigenvalue weighted by Crippen LogP contribution is 2.39. The summed E-state index contributed by atoms with van der Waals surface area (Å²) in [4.78, 5) is 6.04. The number of nitrogens with zero attached hydrogens (tertiary/aromatic N) is 2. The Balaban J connectivity index is 1.69. The number of likely N-dealkylation sites (tertiary alicyclic amines) is 1. The van der Waals surface area contributed by atoms with E-state index in [9.17, 15) is 13.2 Å². The maximum atomic E-state index is 12.8. The predicted molar refractivity (Wildman–Crippen MR) is 62.4 cm³/mol. The highest BCUT2D eigenvalue weighted by atomic mass is 32.1. The number of aryl methyl sites for hydroxylation is 1. The third-order valence-corrected chi connectivity index (χ3v) is 4.51. The van der Waals surface area contributed by atoms with Gasteiger partial charge in [0.1, 0.15) is 0 Å². The van der Waals surface area contributed by atoms with E-state index in [1.165, 1.54) is 0 Å². The van der Waals surface area contributed by atoms with Crippen molar-refractivity contribution >= 4 is 11.3 Å². The average molecular weight is 277 g/mol. The molecule has 3 rings (SSSR count). The van der Waals surface area contributed by atoms with Gasteiger partial charge in [-0.2, -0.15) is 13.2 Å². The van der Waals surface area contributed by atoms with Gasteiger partial charge >= 0.3 is 6.18 Å². The quantitative estimate of drug-likeness (QED) is 0.894. The predicted octanol–water partition coefficient (Wildman–Crippen LogP) is 1.88. The number of hydrogen-bond donors (Lipinski definition) is 1. The lowest BCUT2D eigenvalue weighted by Gasteiger charge is -2.56. The number of halogens is 3. The van der Waals surface area contributed by atoms with Crippen molar-refractivity contribution in [1.82, 2.24) is 15.2 Å². The Morgan fingerprint density at radius 3 is 2.56 bits per heavy atom. The molecule has 0 atom stereocenters. The molecule has 0 bridgehead atoms. The van der Waals surface area contributed by atoms with E-state index in [2.05, 4.69) is 15.2 Å². The molecule has 2 saturated heterocycles. The summed E-state index contributed by atoms with van der Waals surface area (Å²) < 4.78 is 38.3. The molecule has 0 saturated carbocycles. The highest BCUT2D eigenvalue weighted by molar-refractivity contribution is 7.11. The summed E-state index contributed by atoms with van der Waals surface area (Å²) in [5, 5.41) is 3.70. The first-order chi connectivity index (χ1) is 8.38. The summed E-state index contributed by atoms with van der Waals surface area (Å²) in [6, 6.07) is 0. The van der Waals surface area contributed by atoms with Crippen molar-refractivity contribution in [2.75, 3.05) is 26.2 Å². The minimum absolute atomic E-state index is 0.345. The van der Waals surface area contributed by atoms with Crippen LogP contribution in [0, 0.1) is 12.3 Å². The first kappa shape index (κ1) is 12.4. The Kier molecular flexibility index (Phi) is 2.69. The number of thiazole rings is 1. The zero-order valence-corrected chi connectivity index (χ0v) is 10.8. The van der Waals surface area contributed by atoms with Gasteiger partial charge in [-0.1, -0.05) is 0 Å². The van der Waals surface area contributed by atoms with Crippen molar-refractivity contribution in [3.05, 3.63) is 15.6 Å². The third kappa shape index (κ3) is 2.04. The van der Waals surface area contributed by atoms with Gasteiger partial charge < -0.3 is 5.32 Å². The van der Waals surface area contributed by atoms with Crippen molar-refractivity contribution in [3.63, 3.8) is 0 Å². The first-order valence-electron chi connectivity index (χ1n) is 5.85. The molecule has 7 heteroatoms. The lowest BCUT2D eigenvalue weighted by molar-refractivity contribution is -0.142. The Morgan fingerprint density at radius 1 is 1.39 bits per heavy atom. The number of nitrogens with one attached hydrogen (secondary N) is 1. The first-order valence-corrected chi connectivity index (χ1v) is 6.66. The Hall–Kier alpha value is -0.660. The zero-order valence-electron chi connectivity index (χ0n) is 9.97. The van der Waals surface area contributed by atoms with Crippen LogP contribution in [0.5, 0.6) is 0 Å². The smallest absolute Gasteiger partial charge is 0.315 e. The molecule has 2 aliphatic rings. The average Bonchev–Trinajstić information content (AvgIpc) is 2.48.